The van der Waals surface area contributed by atoms with E-state index >= 15 is 0 Å². The molecule has 184 valence electrons. The summed E-state index contributed by atoms with van der Waals surface area (Å²) in [6, 6.07) is 10.7. The molecule has 0 bridgehead atoms. The number of aromatic nitrogens is 1. The minimum atomic E-state index is -4.00. The summed E-state index contributed by atoms with van der Waals surface area (Å²) in [4.78, 5) is 20.2. The van der Waals surface area contributed by atoms with Gasteiger partial charge in [0.05, 0.1) is 18.4 Å². The van der Waals surface area contributed by atoms with Crippen molar-refractivity contribution in [3.63, 3.8) is 0 Å². The van der Waals surface area contributed by atoms with E-state index < -0.39 is 16.1 Å². The third-order valence-electron chi connectivity index (χ3n) is 7.20. The lowest BCUT2D eigenvalue weighted by atomic mass is 9.90. The van der Waals surface area contributed by atoms with E-state index in [-0.39, 0.29) is 23.7 Å². The fourth-order valence-electron chi connectivity index (χ4n) is 4.57. The molecular formula is C24H33N5O4S. The second-order valence-electron chi connectivity index (χ2n) is 9.63. The van der Waals surface area contributed by atoms with Gasteiger partial charge in [0.1, 0.15) is 11.6 Å². The number of amides is 1. The van der Waals surface area contributed by atoms with Crippen molar-refractivity contribution in [2.75, 3.05) is 31.6 Å². The molecule has 2 aliphatic heterocycles. The monoisotopic (exact) mass is 487 g/mol. The van der Waals surface area contributed by atoms with E-state index in [9.17, 15) is 13.2 Å². The van der Waals surface area contributed by atoms with Crippen LogP contribution in [0.5, 0.6) is 5.75 Å². The third-order valence-corrected chi connectivity index (χ3v) is 8.65. The van der Waals surface area contributed by atoms with E-state index in [1.165, 1.54) is 4.31 Å². The highest BCUT2D eigenvalue weighted by Gasteiger charge is 2.41. The van der Waals surface area contributed by atoms with E-state index in [4.69, 9.17) is 15.5 Å². The number of nitrogens with zero attached hydrogens (tertiary/aromatic N) is 3. The van der Waals surface area contributed by atoms with Crippen LogP contribution in [-0.2, 0) is 10.2 Å². The lowest BCUT2D eigenvalue weighted by Crippen LogP contribution is -2.45. The van der Waals surface area contributed by atoms with Gasteiger partial charge in [0.15, 0.2) is 0 Å². The maximum Gasteiger partial charge on any atom is 0.304 e. The van der Waals surface area contributed by atoms with Gasteiger partial charge in [-0.15, -0.1) is 0 Å². The van der Waals surface area contributed by atoms with Crippen molar-refractivity contribution in [1.29, 1.82) is 0 Å². The number of nitrogens with one attached hydrogen (secondary N) is 1. The molecule has 0 spiro atoms. The summed E-state index contributed by atoms with van der Waals surface area (Å²) in [5.74, 6) is 0.902. The molecular weight excluding hydrogens is 454 g/mol. The first-order chi connectivity index (χ1) is 16.0. The van der Waals surface area contributed by atoms with Crippen molar-refractivity contribution in [1.82, 2.24) is 14.0 Å². The van der Waals surface area contributed by atoms with Crippen LogP contribution in [0, 0.1) is 5.92 Å². The smallest absolute Gasteiger partial charge is 0.304 e. The molecule has 3 N–H and O–H groups in total. The van der Waals surface area contributed by atoms with Crippen LogP contribution in [0.3, 0.4) is 0 Å². The van der Waals surface area contributed by atoms with Crippen molar-refractivity contribution >= 4 is 21.9 Å². The molecule has 9 nitrogen and oxygen atoms in total. The number of ether oxygens (including phenoxy) is 1. The minimum absolute atomic E-state index is 0.195. The molecule has 10 heteroatoms. The van der Waals surface area contributed by atoms with Gasteiger partial charge >= 0.3 is 10.2 Å². The molecule has 4 rings (SSSR count). The Hall–Kier alpha value is -2.69. The van der Waals surface area contributed by atoms with Gasteiger partial charge in [-0.1, -0.05) is 6.92 Å². The van der Waals surface area contributed by atoms with Gasteiger partial charge in [-0.05, 0) is 69.0 Å². The van der Waals surface area contributed by atoms with Gasteiger partial charge in [-0.3, -0.25) is 4.79 Å². The molecule has 34 heavy (non-hydrogen) atoms. The van der Waals surface area contributed by atoms with Crippen LogP contribution in [0.2, 0.25) is 0 Å². The molecule has 2 atom stereocenters. The van der Waals surface area contributed by atoms with E-state index in [2.05, 4.69) is 30.4 Å². The quantitative estimate of drug-likeness (QED) is 0.642. The van der Waals surface area contributed by atoms with Gasteiger partial charge in [0.2, 0.25) is 0 Å². The van der Waals surface area contributed by atoms with Crippen LogP contribution in [-0.4, -0.2) is 61.9 Å². The zero-order chi connectivity index (χ0) is 24.7. The predicted octanol–water partition coefficient (Wildman–Crippen LogP) is 2.39. The molecule has 3 heterocycles. The largest absolute Gasteiger partial charge is 0.497 e. The standard InChI is InChI=1S/C24H33N5O4S/c1-16-11-14-29(24(16,2)3)22-20(23(30)27-34(31,32)28-13-12-18(25)15-28)9-10-21(26-22)17-5-7-19(33-4)8-6-17/h5-10,16,18H,11-15,25H2,1-4H3,(H,27,30)/t16?,18-/m0/s1. The van der Waals surface area contributed by atoms with Gasteiger partial charge in [-0.25, -0.2) is 9.71 Å². The Morgan fingerprint density at radius 2 is 1.85 bits per heavy atom. The summed E-state index contributed by atoms with van der Waals surface area (Å²) in [6.45, 7) is 7.63. The zero-order valence-electron chi connectivity index (χ0n) is 20.1. The lowest BCUT2D eigenvalue weighted by Gasteiger charge is -2.36. The second kappa shape index (κ2) is 9.16. The van der Waals surface area contributed by atoms with Gasteiger partial charge in [-0.2, -0.15) is 12.7 Å². The predicted molar refractivity (Wildman–Crippen MR) is 132 cm³/mol. The van der Waals surface area contributed by atoms with Crippen LogP contribution >= 0.6 is 0 Å². The van der Waals surface area contributed by atoms with E-state index in [0.29, 0.717) is 30.4 Å². The summed E-state index contributed by atoms with van der Waals surface area (Å²) in [7, 11) is -2.39. The molecule has 1 aromatic heterocycles. The highest BCUT2D eigenvalue weighted by molar-refractivity contribution is 7.87. The summed E-state index contributed by atoms with van der Waals surface area (Å²) >= 11 is 0. The molecule has 2 saturated heterocycles. The number of pyridine rings is 1. The summed E-state index contributed by atoms with van der Waals surface area (Å²) in [6.07, 6.45) is 1.52. The Labute approximate surface area is 201 Å². The van der Waals surface area contributed by atoms with Crippen molar-refractivity contribution < 1.29 is 17.9 Å². The number of carbonyl (C=O) groups excluding carboxylic acids is 1. The number of rotatable bonds is 6. The number of hydrogen-bond donors (Lipinski definition) is 2. The molecule has 1 aromatic carbocycles. The fraction of sp³-hybridized carbons (Fsp3) is 0.500. The molecule has 1 amide bonds. The first-order valence-corrected chi connectivity index (χ1v) is 13.0. The average Bonchev–Trinajstić information content (AvgIpc) is 3.36. The average molecular weight is 488 g/mol. The molecule has 2 fully saturated rings. The Balaban J connectivity index is 1.71. The number of methoxy groups -OCH3 is 1. The summed E-state index contributed by atoms with van der Waals surface area (Å²) in [5.41, 5.74) is 7.41. The minimum Gasteiger partial charge on any atom is -0.497 e. The van der Waals surface area contributed by atoms with Crippen LogP contribution in [0.4, 0.5) is 5.82 Å². The van der Waals surface area contributed by atoms with Crippen molar-refractivity contribution in [2.45, 2.75) is 45.2 Å². The topological polar surface area (TPSA) is 118 Å². The number of nitrogens with two attached hydrogens (primary N) is 1. The Bertz CT molecular complexity index is 1170. The van der Waals surface area contributed by atoms with Gasteiger partial charge < -0.3 is 15.4 Å². The first kappa shape index (κ1) is 24.4. The highest BCUT2D eigenvalue weighted by atomic mass is 32.2. The van der Waals surface area contributed by atoms with E-state index in [0.717, 1.165) is 24.3 Å². The molecule has 0 radical (unpaired) electrons. The third kappa shape index (κ3) is 4.62. The lowest BCUT2D eigenvalue weighted by molar-refractivity contribution is 0.0979. The normalized spacial score (nSPS) is 22.7. The van der Waals surface area contributed by atoms with Crippen LogP contribution in [0.25, 0.3) is 11.3 Å². The molecule has 2 aliphatic rings. The molecule has 1 unspecified atom stereocenters. The number of anilines is 1. The SMILES string of the molecule is COc1ccc(-c2ccc(C(=O)NS(=O)(=O)N3CC[C@H](N)C3)c(N3CCC(C)C3(C)C)n2)cc1. The Morgan fingerprint density at radius 3 is 2.41 bits per heavy atom. The van der Waals surface area contributed by atoms with Crippen LogP contribution < -0.4 is 20.1 Å². The maximum absolute atomic E-state index is 13.3. The number of hydrogen-bond acceptors (Lipinski definition) is 7. The maximum atomic E-state index is 13.3. The van der Waals surface area contributed by atoms with E-state index in [1.54, 1.807) is 19.2 Å². The second-order valence-corrected chi connectivity index (χ2v) is 11.3. The van der Waals surface area contributed by atoms with Crippen molar-refractivity contribution in [2.24, 2.45) is 11.7 Å². The molecule has 0 aliphatic carbocycles. The Kier molecular flexibility index (Phi) is 6.58. The highest BCUT2D eigenvalue weighted by Crippen LogP contribution is 2.39. The molecule has 0 saturated carbocycles. The zero-order valence-corrected chi connectivity index (χ0v) is 20.9. The van der Waals surface area contributed by atoms with E-state index in [1.807, 2.05) is 24.3 Å². The number of carbonyl (C=O) groups is 1. The van der Waals surface area contributed by atoms with Gasteiger partial charge in [0.25, 0.3) is 5.91 Å². The van der Waals surface area contributed by atoms with Crippen molar-refractivity contribution in [3.05, 3.63) is 42.0 Å². The summed E-state index contributed by atoms with van der Waals surface area (Å²) < 4.78 is 34.3. The van der Waals surface area contributed by atoms with Crippen LogP contribution in [0.1, 0.15) is 44.0 Å². The first-order valence-electron chi connectivity index (χ1n) is 11.5. The van der Waals surface area contributed by atoms with Crippen LogP contribution in [0.15, 0.2) is 36.4 Å². The number of benzene rings is 1. The Morgan fingerprint density at radius 1 is 1.15 bits per heavy atom. The van der Waals surface area contributed by atoms with Gasteiger partial charge in [0, 0.05) is 36.8 Å². The fourth-order valence-corrected chi connectivity index (χ4v) is 5.78. The van der Waals surface area contributed by atoms with Crippen molar-refractivity contribution in [3.8, 4) is 17.0 Å². The molecule has 2 aromatic rings. The summed E-state index contributed by atoms with van der Waals surface area (Å²) in [5, 5.41) is 0.